The number of halogens is 1. The maximum Gasteiger partial charge on any atom is 0.226 e. The molecule has 1 aromatic heterocycles. The van der Waals surface area contributed by atoms with Gasteiger partial charge in [0.25, 0.3) is 0 Å². The lowest BCUT2D eigenvalue weighted by Gasteiger charge is -2.36. The fourth-order valence-electron chi connectivity index (χ4n) is 2.63. The van der Waals surface area contributed by atoms with Crippen LogP contribution in [0.1, 0.15) is 44.0 Å². The maximum absolute atomic E-state index is 12.6. The number of amides is 1. The highest BCUT2D eigenvalue weighted by Crippen LogP contribution is 2.34. The van der Waals surface area contributed by atoms with E-state index in [1.165, 1.54) is 11.3 Å². The van der Waals surface area contributed by atoms with Crippen molar-refractivity contribution < 1.29 is 4.79 Å². The molecule has 0 bridgehead atoms. The second-order valence-electron chi connectivity index (χ2n) is 5.22. The van der Waals surface area contributed by atoms with Gasteiger partial charge in [0.05, 0.1) is 15.8 Å². The van der Waals surface area contributed by atoms with Crippen molar-refractivity contribution in [2.45, 2.75) is 39.2 Å². The van der Waals surface area contributed by atoms with Gasteiger partial charge in [0.15, 0.2) is 0 Å². The van der Waals surface area contributed by atoms with Gasteiger partial charge in [0.1, 0.15) is 0 Å². The number of piperidine rings is 1. The molecule has 1 aliphatic rings. The summed E-state index contributed by atoms with van der Waals surface area (Å²) in [5, 5.41) is 6.48. The number of thiophene rings is 1. The molecule has 0 aromatic carbocycles. The summed E-state index contributed by atoms with van der Waals surface area (Å²) in [6.45, 7) is 5.99. The summed E-state index contributed by atoms with van der Waals surface area (Å²) in [4.78, 5) is 13.7. The number of carbonyl (C=O) groups excluding carboxylic acids is 1. The summed E-state index contributed by atoms with van der Waals surface area (Å²) in [6.07, 6.45) is 2.75. The van der Waals surface area contributed by atoms with Crippen molar-refractivity contribution in [3.63, 3.8) is 0 Å². The van der Waals surface area contributed by atoms with Crippen LogP contribution < -0.4 is 10.6 Å². The number of hydrogen-bond donors (Lipinski definition) is 2. The van der Waals surface area contributed by atoms with Gasteiger partial charge in [-0.2, -0.15) is 0 Å². The maximum atomic E-state index is 12.6. The second-order valence-corrected chi connectivity index (χ2v) is 6.97. The fraction of sp³-hybridized carbons (Fsp3) is 0.643. The quantitative estimate of drug-likeness (QED) is 0.895. The lowest BCUT2D eigenvalue weighted by molar-refractivity contribution is -0.133. The number of rotatable bonds is 4. The Balaban J connectivity index is 2.03. The van der Waals surface area contributed by atoms with Crippen LogP contribution in [0.25, 0.3) is 0 Å². The molecule has 1 unspecified atom stereocenters. The predicted molar refractivity (Wildman–Crippen MR) is 80.7 cm³/mol. The topological polar surface area (TPSA) is 41.1 Å². The largest absolute Gasteiger partial charge is 0.348 e. The van der Waals surface area contributed by atoms with Crippen LogP contribution in [0.3, 0.4) is 0 Å². The van der Waals surface area contributed by atoms with E-state index in [0.29, 0.717) is 0 Å². The van der Waals surface area contributed by atoms with Gasteiger partial charge in [0.2, 0.25) is 5.91 Å². The lowest BCUT2D eigenvalue weighted by atomic mass is 9.75. The van der Waals surface area contributed by atoms with Crippen LogP contribution in [0.2, 0.25) is 4.34 Å². The molecule has 3 nitrogen and oxygen atoms in total. The van der Waals surface area contributed by atoms with Crippen LogP contribution in [-0.4, -0.2) is 19.0 Å². The molecule has 2 N–H and O–H groups in total. The van der Waals surface area contributed by atoms with E-state index in [1.54, 1.807) is 0 Å². The van der Waals surface area contributed by atoms with Crippen LogP contribution in [0.15, 0.2) is 12.1 Å². The Morgan fingerprint density at radius 1 is 1.53 bits per heavy atom. The monoisotopic (exact) mass is 300 g/mol. The van der Waals surface area contributed by atoms with Crippen molar-refractivity contribution in [2.24, 2.45) is 5.41 Å². The zero-order valence-corrected chi connectivity index (χ0v) is 13.0. The summed E-state index contributed by atoms with van der Waals surface area (Å²) in [7, 11) is 0. The van der Waals surface area contributed by atoms with Crippen LogP contribution in [0.5, 0.6) is 0 Å². The molecule has 2 rings (SSSR count). The van der Waals surface area contributed by atoms with Gasteiger partial charge in [-0.1, -0.05) is 18.5 Å². The van der Waals surface area contributed by atoms with Gasteiger partial charge in [-0.25, -0.2) is 0 Å². The van der Waals surface area contributed by atoms with E-state index < -0.39 is 0 Å². The minimum Gasteiger partial charge on any atom is -0.348 e. The summed E-state index contributed by atoms with van der Waals surface area (Å²) < 4.78 is 0.767. The van der Waals surface area contributed by atoms with E-state index in [9.17, 15) is 4.79 Å². The Bertz CT molecular complexity index is 440. The highest BCUT2D eigenvalue weighted by Gasteiger charge is 2.38. The molecule has 106 valence electrons. The fourth-order valence-corrected chi connectivity index (χ4v) is 3.69. The summed E-state index contributed by atoms with van der Waals surface area (Å²) in [6, 6.07) is 3.90. The van der Waals surface area contributed by atoms with E-state index in [1.807, 2.05) is 19.1 Å². The zero-order chi connectivity index (χ0) is 13.9. The standard InChI is InChI=1S/C14H21ClN2OS/c1-3-14(6-8-16-9-7-14)13(18)17-10(2)11-4-5-12(15)19-11/h4-5,10,16H,3,6-9H2,1-2H3,(H,17,18). The molecule has 0 saturated carbocycles. The van der Waals surface area contributed by atoms with Gasteiger partial charge in [-0.15, -0.1) is 11.3 Å². The summed E-state index contributed by atoms with van der Waals surface area (Å²) in [5.74, 6) is 0.188. The van der Waals surface area contributed by atoms with Crippen LogP contribution in [0.4, 0.5) is 0 Å². The van der Waals surface area contributed by atoms with Crippen molar-refractivity contribution in [3.05, 3.63) is 21.3 Å². The van der Waals surface area contributed by atoms with E-state index in [4.69, 9.17) is 11.6 Å². The van der Waals surface area contributed by atoms with Crippen molar-refractivity contribution in [3.8, 4) is 0 Å². The third kappa shape index (κ3) is 3.30. The Morgan fingerprint density at radius 2 is 2.21 bits per heavy atom. The minimum atomic E-state index is -0.194. The molecule has 19 heavy (non-hydrogen) atoms. The first-order valence-electron chi connectivity index (χ1n) is 6.84. The molecule has 1 aromatic rings. The zero-order valence-electron chi connectivity index (χ0n) is 11.5. The van der Waals surface area contributed by atoms with Crippen molar-refractivity contribution in [1.82, 2.24) is 10.6 Å². The van der Waals surface area contributed by atoms with E-state index >= 15 is 0 Å². The first-order chi connectivity index (χ1) is 9.07. The van der Waals surface area contributed by atoms with Crippen molar-refractivity contribution in [2.75, 3.05) is 13.1 Å². The Kier molecular flexibility index (Phi) is 4.87. The third-order valence-electron chi connectivity index (χ3n) is 4.09. The molecular formula is C14H21ClN2OS. The molecule has 2 heterocycles. The van der Waals surface area contributed by atoms with Gasteiger partial charge in [-0.05, 0) is 51.4 Å². The number of nitrogens with one attached hydrogen (secondary N) is 2. The number of hydrogen-bond acceptors (Lipinski definition) is 3. The predicted octanol–water partition coefficient (Wildman–Crippen LogP) is 3.36. The minimum absolute atomic E-state index is 0.0308. The van der Waals surface area contributed by atoms with Crippen LogP contribution in [0, 0.1) is 5.41 Å². The Morgan fingerprint density at radius 3 is 2.74 bits per heavy atom. The molecule has 1 amide bonds. The molecular weight excluding hydrogens is 280 g/mol. The Labute approximate surface area is 123 Å². The van der Waals surface area contributed by atoms with Gasteiger partial charge < -0.3 is 10.6 Å². The summed E-state index contributed by atoms with van der Waals surface area (Å²) >= 11 is 7.47. The Hall–Kier alpha value is -0.580. The second kappa shape index (κ2) is 6.25. The SMILES string of the molecule is CCC1(C(=O)NC(C)c2ccc(Cl)s2)CCNCC1. The van der Waals surface area contributed by atoms with Gasteiger partial charge in [-0.3, -0.25) is 4.79 Å². The van der Waals surface area contributed by atoms with E-state index in [-0.39, 0.29) is 17.4 Å². The summed E-state index contributed by atoms with van der Waals surface area (Å²) in [5.41, 5.74) is -0.194. The molecule has 1 aliphatic heterocycles. The highest BCUT2D eigenvalue weighted by molar-refractivity contribution is 7.16. The average molecular weight is 301 g/mol. The molecule has 1 fully saturated rings. The van der Waals surface area contributed by atoms with Gasteiger partial charge >= 0.3 is 0 Å². The van der Waals surface area contributed by atoms with Crippen LogP contribution >= 0.6 is 22.9 Å². The van der Waals surface area contributed by atoms with E-state index in [0.717, 1.165) is 41.6 Å². The molecule has 0 radical (unpaired) electrons. The lowest BCUT2D eigenvalue weighted by Crippen LogP contribution is -2.47. The third-order valence-corrected chi connectivity index (χ3v) is 5.50. The molecule has 5 heteroatoms. The average Bonchev–Trinajstić information content (AvgIpc) is 2.86. The van der Waals surface area contributed by atoms with Crippen molar-refractivity contribution >= 4 is 28.8 Å². The first kappa shape index (κ1) is 14.8. The van der Waals surface area contributed by atoms with E-state index in [2.05, 4.69) is 17.6 Å². The molecule has 1 saturated heterocycles. The van der Waals surface area contributed by atoms with Gasteiger partial charge in [0, 0.05) is 4.88 Å². The van der Waals surface area contributed by atoms with Crippen molar-refractivity contribution in [1.29, 1.82) is 0 Å². The smallest absolute Gasteiger partial charge is 0.226 e. The molecule has 1 atom stereocenters. The van der Waals surface area contributed by atoms with Crippen LogP contribution in [-0.2, 0) is 4.79 Å². The molecule has 0 spiro atoms. The first-order valence-corrected chi connectivity index (χ1v) is 8.04. The molecule has 0 aliphatic carbocycles. The number of carbonyl (C=O) groups is 1. The highest BCUT2D eigenvalue weighted by atomic mass is 35.5. The normalized spacial score (nSPS) is 19.9.